The zero-order valence-electron chi connectivity index (χ0n) is 16.5. The Kier molecular flexibility index (Phi) is 7.17. The second-order valence-electron chi connectivity index (χ2n) is 6.73. The van der Waals surface area contributed by atoms with Crippen LogP contribution in [0.15, 0.2) is 42.5 Å². The van der Waals surface area contributed by atoms with E-state index in [1.807, 2.05) is 24.3 Å². The lowest BCUT2D eigenvalue weighted by atomic mass is 10.2. The van der Waals surface area contributed by atoms with Crippen LogP contribution in [0.2, 0.25) is 5.02 Å². The molecule has 1 aliphatic heterocycles. The molecular formula is C20H23ClFN3O4S. The molecule has 0 saturated carbocycles. The largest absolute Gasteiger partial charge is 0.495 e. The van der Waals surface area contributed by atoms with E-state index >= 15 is 0 Å². The molecule has 1 N–H and O–H groups in total. The zero-order chi connectivity index (χ0) is 21.7. The van der Waals surface area contributed by atoms with Crippen molar-refractivity contribution in [3.8, 4) is 5.75 Å². The number of rotatable bonds is 7. The molecular weight excluding hydrogens is 433 g/mol. The average Bonchev–Trinajstić information content (AvgIpc) is 2.73. The van der Waals surface area contributed by atoms with Gasteiger partial charge in [-0.2, -0.15) is 4.31 Å². The van der Waals surface area contributed by atoms with Crippen LogP contribution in [0, 0.1) is 5.82 Å². The van der Waals surface area contributed by atoms with Gasteiger partial charge in [-0.15, -0.1) is 0 Å². The summed E-state index contributed by atoms with van der Waals surface area (Å²) in [5.41, 5.74) is 0.632. The van der Waals surface area contributed by atoms with Crippen LogP contribution in [-0.2, 0) is 10.0 Å². The molecule has 0 spiro atoms. The van der Waals surface area contributed by atoms with Gasteiger partial charge in [0.05, 0.1) is 29.1 Å². The van der Waals surface area contributed by atoms with Crippen molar-refractivity contribution in [2.75, 3.05) is 50.5 Å². The maximum absolute atomic E-state index is 13.8. The molecule has 0 aromatic heterocycles. The summed E-state index contributed by atoms with van der Waals surface area (Å²) < 4.78 is 45.8. The van der Waals surface area contributed by atoms with Crippen molar-refractivity contribution < 1.29 is 22.3 Å². The summed E-state index contributed by atoms with van der Waals surface area (Å²) in [7, 11) is -1.97. The molecule has 1 amide bonds. The van der Waals surface area contributed by atoms with Gasteiger partial charge in [0, 0.05) is 32.7 Å². The number of hydrogen-bond donors (Lipinski definition) is 1. The fourth-order valence-electron chi connectivity index (χ4n) is 3.32. The molecule has 0 unspecified atom stereocenters. The van der Waals surface area contributed by atoms with Gasteiger partial charge >= 0.3 is 0 Å². The third-order valence-corrected chi connectivity index (χ3v) is 7.08. The number of methoxy groups -OCH3 is 1. The molecule has 3 rings (SSSR count). The highest BCUT2D eigenvalue weighted by Crippen LogP contribution is 2.28. The lowest BCUT2D eigenvalue weighted by Gasteiger charge is -2.36. The smallest absolute Gasteiger partial charge is 0.255 e. The van der Waals surface area contributed by atoms with Gasteiger partial charge < -0.3 is 15.0 Å². The summed E-state index contributed by atoms with van der Waals surface area (Å²) in [6.45, 7) is 1.56. The molecule has 0 aliphatic carbocycles. The van der Waals surface area contributed by atoms with Crippen LogP contribution in [0.25, 0.3) is 0 Å². The van der Waals surface area contributed by atoms with Gasteiger partial charge in [0.15, 0.2) is 0 Å². The molecule has 1 heterocycles. The number of piperazine rings is 1. The second kappa shape index (κ2) is 9.63. The highest BCUT2D eigenvalue weighted by Gasteiger charge is 2.28. The fraction of sp³-hybridized carbons (Fsp3) is 0.350. The summed E-state index contributed by atoms with van der Waals surface area (Å²) in [5.74, 6) is -1.03. The van der Waals surface area contributed by atoms with Crippen molar-refractivity contribution in [3.63, 3.8) is 0 Å². The first-order chi connectivity index (χ1) is 14.3. The number of amides is 1. The number of nitrogens with zero attached hydrogens (tertiary/aromatic N) is 2. The molecule has 1 saturated heterocycles. The van der Waals surface area contributed by atoms with Crippen LogP contribution >= 0.6 is 11.6 Å². The van der Waals surface area contributed by atoms with Gasteiger partial charge in [0.1, 0.15) is 11.6 Å². The van der Waals surface area contributed by atoms with Crippen LogP contribution in [0.5, 0.6) is 5.75 Å². The highest BCUT2D eigenvalue weighted by atomic mass is 35.5. The minimum atomic E-state index is -3.57. The maximum Gasteiger partial charge on any atom is 0.255 e. The van der Waals surface area contributed by atoms with Crippen molar-refractivity contribution in [2.24, 2.45) is 0 Å². The van der Waals surface area contributed by atoms with Gasteiger partial charge in [0.2, 0.25) is 10.0 Å². The van der Waals surface area contributed by atoms with E-state index in [9.17, 15) is 17.6 Å². The molecule has 162 valence electrons. The van der Waals surface area contributed by atoms with E-state index in [0.717, 1.165) is 17.5 Å². The van der Waals surface area contributed by atoms with Gasteiger partial charge in [-0.25, -0.2) is 12.8 Å². The standard InChI is InChI=1S/C20H23ClFN3O4S/c1-29-18-8-3-2-7-17(18)24-10-12-25(13-11-24)30(27,28)14-9-23-20(26)19-15(21)5-4-6-16(19)22/h2-8H,9-14H2,1H3,(H,23,26). The number of benzene rings is 2. The predicted molar refractivity (Wildman–Crippen MR) is 114 cm³/mol. The minimum Gasteiger partial charge on any atom is -0.495 e. The fourth-order valence-corrected chi connectivity index (χ4v) is 4.91. The average molecular weight is 456 g/mol. The molecule has 2 aromatic carbocycles. The summed E-state index contributed by atoms with van der Waals surface area (Å²) in [6.07, 6.45) is 0. The molecule has 30 heavy (non-hydrogen) atoms. The number of sulfonamides is 1. The van der Waals surface area contributed by atoms with Crippen LogP contribution < -0.4 is 15.0 Å². The first-order valence-electron chi connectivity index (χ1n) is 9.41. The number of halogens is 2. The third kappa shape index (κ3) is 5.03. The molecule has 1 aliphatic rings. The number of carbonyl (C=O) groups excluding carboxylic acids is 1. The normalized spacial score (nSPS) is 15.1. The van der Waals surface area contributed by atoms with Gasteiger partial charge in [-0.05, 0) is 24.3 Å². The molecule has 0 atom stereocenters. The Morgan fingerprint density at radius 3 is 2.50 bits per heavy atom. The quantitative estimate of drug-likeness (QED) is 0.693. The van der Waals surface area contributed by atoms with E-state index in [1.165, 1.54) is 16.4 Å². The Hall–Kier alpha value is -2.36. The minimum absolute atomic E-state index is 0.0252. The van der Waals surface area contributed by atoms with Crippen molar-refractivity contribution in [1.82, 2.24) is 9.62 Å². The van der Waals surface area contributed by atoms with Crippen molar-refractivity contribution in [2.45, 2.75) is 0 Å². The van der Waals surface area contributed by atoms with Crippen LogP contribution in [0.3, 0.4) is 0 Å². The van der Waals surface area contributed by atoms with E-state index in [4.69, 9.17) is 16.3 Å². The van der Waals surface area contributed by atoms with Crippen LogP contribution in [0.1, 0.15) is 10.4 Å². The van der Waals surface area contributed by atoms with Gasteiger partial charge in [-0.1, -0.05) is 29.8 Å². The first kappa shape index (κ1) is 22.3. The number of carbonyl (C=O) groups is 1. The summed E-state index contributed by atoms with van der Waals surface area (Å²) >= 11 is 5.86. The third-order valence-electron chi connectivity index (χ3n) is 4.89. The van der Waals surface area contributed by atoms with Crippen LogP contribution in [0.4, 0.5) is 10.1 Å². The van der Waals surface area contributed by atoms with Crippen molar-refractivity contribution in [3.05, 3.63) is 58.9 Å². The SMILES string of the molecule is COc1ccccc1N1CCN(S(=O)(=O)CCNC(=O)c2c(F)cccc2Cl)CC1. The Labute approximate surface area is 180 Å². The molecule has 0 radical (unpaired) electrons. The summed E-state index contributed by atoms with van der Waals surface area (Å²) in [6, 6.07) is 11.5. The van der Waals surface area contributed by atoms with E-state index < -0.39 is 21.7 Å². The number of anilines is 1. The molecule has 2 aromatic rings. The Morgan fingerprint density at radius 2 is 1.83 bits per heavy atom. The lowest BCUT2D eigenvalue weighted by Crippen LogP contribution is -2.50. The van der Waals surface area contributed by atoms with E-state index in [1.54, 1.807) is 7.11 Å². The molecule has 7 nitrogen and oxygen atoms in total. The zero-order valence-corrected chi connectivity index (χ0v) is 18.0. The van der Waals surface area contributed by atoms with Crippen molar-refractivity contribution in [1.29, 1.82) is 0 Å². The number of ether oxygens (including phenoxy) is 1. The Balaban J connectivity index is 1.54. The van der Waals surface area contributed by atoms with E-state index in [2.05, 4.69) is 10.2 Å². The number of nitrogens with one attached hydrogen (secondary N) is 1. The second-order valence-corrected chi connectivity index (χ2v) is 9.22. The Bertz CT molecular complexity index is 991. The monoisotopic (exact) mass is 455 g/mol. The van der Waals surface area contributed by atoms with Crippen LogP contribution in [-0.4, -0.2) is 64.2 Å². The van der Waals surface area contributed by atoms with Gasteiger partial charge in [0.25, 0.3) is 5.91 Å². The van der Waals surface area contributed by atoms with E-state index in [0.29, 0.717) is 26.2 Å². The predicted octanol–water partition coefficient (Wildman–Crippen LogP) is 2.37. The molecule has 1 fully saturated rings. The number of hydrogen-bond acceptors (Lipinski definition) is 5. The molecule has 10 heteroatoms. The van der Waals surface area contributed by atoms with Gasteiger partial charge in [-0.3, -0.25) is 4.79 Å². The van der Waals surface area contributed by atoms with E-state index in [-0.39, 0.29) is 22.9 Å². The summed E-state index contributed by atoms with van der Waals surface area (Å²) in [4.78, 5) is 14.2. The lowest BCUT2D eigenvalue weighted by molar-refractivity contribution is 0.0952. The number of para-hydroxylation sites is 2. The topological polar surface area (TPSA) is 79.0 Å². The highest BCUT2D eigenvalue weighted by molar-refractivity contribution is 7.89. The maximum atomic E-state index is 13.8. The first-order valence-corrected chi connectivity index (χ1v) is 11.4. The molecule has 0 bridgehead atoms. The summed E-state index contributed by atoms with van der Waals surface area (Å²) in [5, 5.41) is 2.40. The Morgan fingerprint density at radius 1 is 1.13 bits per heavy atom. The van der Waals surface area contributed by atoms with Crippen molar-refractivity contribution >= 4 is 33.2 Å².